The van der Waals surface area contributed by atoms with E-state index < -0.39 is 36.4 Å². The van der Waals surface area contributed by atoms with Gasteiger partial charge < -0.3 is 19.7 Å². The molecule has 0 amide bonds. The number of aliphatic hydroxyl groups excluding tert-OH is 1. The molecule has 1 aliphatic rings. The second-order valence-electron chi connectivity index (χ2n) is 6.15. The summed E-state index contributed by atoms with van der Waals surface area (Å²) in [5.74, 6) is -1.32. The van der Waals surface area contributed by atoms with Crippen molar-refractivity contribution in [2.75, 3.05) is 6.61 Å². The molecular weight excluding hydrogens is 395 g/mol. The van der Waals surface area contributed by atoms with Crippen LogP contribution in [0.15, 0.2) is 48.5 Å². The molecule has 2 N–H and O–H groups in total. The van der Waals surface area contributed by atoms with Crippen molar-refractivity contribution in [3.63, 3.8) is 0 Å². The molecule has 0 saturated carbocycles. The highest BCUT2D eigenvalue weighted by Gasteiger charge is 2.53. The van der Waals surface area contributed by atoms with Gasteiger partial charge in [-0.2, -0.15) is 0 Å². The fourth-order valence-corrected chi connectivity index (χ4v) is 3.09. The lowest BCUT2D eigenvalue weighted by atomic mass is 9.86. The maximum atomic E-state index is 12.7. The summed E-state index contributed by atoms with van der Waals surface area (Å²) >= 11 is 11.6. The van der Waals surface area contributed by atoms with Crippen LogP contribution in [0.25, 0.3) is 0 Å². The largest absolute Gasteiger partial charge is 0.459 e. The molecule has 3 rings (SSSR count). The van der Waals surface area contributed by atoms with Gasteiger partial charge in [-0.05, 0) is 48.5 Å². The average Bonchev–Trinajstić information content (AvgIpc) is 2.95. The molecule has 2 aromatic carbocycles. The second kappa shape index (κ2) is 7.96. The van der Waals surface area contributed by atoms with Gasteiger partial charge in [0.1, 0.15) is 12.7 Å². The van der Waals surface area contributed by atoms with Gasteiger partial charge in [0, 0.05) is 22.0 Å². The Labute approximate surface area is 165 Å². The van der Waals surface area contributed by atoms with Gasteiger partial charge in [-0.1, -0.05) is 23.2 Å². The molecule has 3 atom stereocenters. The van der Waals surface area contributed by atoms with E-state index in [1.54, 1.807) is 0 Å². The minimum atomic E-state index is -2.03. The van der Waals surface area contributed by atoms with E-state index in [-0.39, 0.29) is 17.5 Å². The fraction of sp³-hybridized carbons (Fsp3) is 0.263. The number of benzene rings is 2. The molecule has 1 aliphatic heterocycles. The summed E-state index contributed by atoms with van der Waals surface area (Å²) in [4.78, 5) is 24.9. The van der Waals surface area contributed by atoms with Gasteiger partial charge in [0.05, 0.1) is 5.56 Å². The summed E-state index contributed by atoms with van der Waals surface area (Å²) in [7, 11) is 0. The quantitative estimate of drug-likeness (QED) is 0.581. The van der Waals surface area contributed by atoms with Crippen molar-refractivity contribution < 1.29 is 29.3 Å². The lowest BCUT2D eigenvalue weighted by Crippen LogP contribution is -2.48. The highest BCUT2D eigenvalue weighted by atomic mass is 35.5. The number of hydrogen-bond acceptors (Lipinski definition) is 6. The number of ketones is 1. The first-order valence-electron chi connectivity index (χ1n) is 8.08. The Hall–Kier alpha value is -1.96. The van der Waals surface area contributed by atoms with Crippen LogP contribution in [0.2, 0.25) is 10.0 Å². The van der Waals surface area contributed by atoms with Gasteiger partial charge in [0.15, 0.2) is 17.7 Å². The number of Topliss-reactive ketones (excluding diaryl/α,β-unsaturated/α-hetero) is 1. The van der Waals surface area contributed by atoms with Crippen molar-refractivity contribution in [1.29, 1.82) is 0 Å². The highest BCUT2D eigenvalue weighted by Crippen LogP contribution is 2.33. The molecule has 8 heteroatoms. The van der Waals surface area contributed by atoms with E-state index in [4.69, 9.17) is 32.7 Å². The Morgan fingerprint density at radius 2 is 1.56 bits per heavy atom. The number of esters is 1. The predicted molar refractivity (Wildman–Crippen MR) is 98.0 cm³/mol. The third-order valence-electron chi connectivity index (χ3n) is 4.29. The Morgan fingerprint density at radius 1 is 1.04 bits per heavy atom. The predicted octanol–water partition coefficient (Wildman–Crippen LogP) is 2.87. The first-order valence-corrected chi connectivity index (χ1v) is 8.84. The summed E-state index contributed by atoms with van der Waals surface area (Å²) in [6.45, 7) is -0.408. The summed E-state index contributed by atoms with van der Waals surface area (Å²) in [6.07, 6.45) is -2.91. The van der Waals surface area contributed by atoms with Crippen LogP contribution in [-0.2, 0) is 9.47 Å². The third-order valence-corrected chi connectivity index (χ3v) is 4.79. The van der Waals surface area contributed by atoms with Crippen molar-refractivity contribution in [3.8, 4) is 0 Å². The molecule has 1 fully saturated rings. The maximum Gasteiger partial charge on any atom is 0.338 e. The molecule has 27 heavy (non-hydrogen) atoms. The number of aliphatic hydroxyl groups is 2. The van der Waals surface area contributed by atoms with E-state index in [2.05, 4.69) is 0 Å². The van der Waals surface area contributed by atoms with E-state index in [1.807, 2.05) is 0 Å². The minimum Gasteiger partial charge on any atom is -0.459 e. The van der Waals surface area contributed by atoms with Crippen LogP contribution in [0.1, 0.15) is 27.1 Å². The van der Waals surface area contributed by atoms with Crippen LogP contribution in [0.4, 0.5) is 0 Å². The van der Waals surface area contributed by atoms with E-state index in [0.717, 1.165) is 0 Å². The standard InChI is InChI=1S/C19H16Cl2O6/c20-13-5-1-11(2-6-13)17(23)19(25)9-16(22)27-15(19)10-26-18(24)12-3-7-14(21)8-4-12/h1-8,15-16,22,25H,9-10H2/t15-,16?,19+/m1/s1. The number of hydrogen-bond donors (Lipinski definition) is 2. The molecule has 0 aliphatic carbocycles. The number of ether oxygens (including phenoxy) is 2. The van der Waals surface area contributed by atoms with Gasteiger partial charge in [0.25, 0.3) is 0 Å². The minimum absolute atomic E-state index is 0.202. The SMILES string of the molecule is O=C(OC[C@H]1OC(O)C[C@@]1(O)C(=O)c1ccc(Cl)cc1)c1ccc(Cl)cc1. The van der Waals surface area contributed by atoms with Gasteiger partial charge in [-0.25, -0.2) is 4.79 Å². The molecule has 1 unspecified atom stereocenters. The van der Waals surface area contributed by atoms with Crippen LogP contribution in [0.5, 0.6) is 0 Å². The van der Waals surface area contributed by atoms with Crippen molar-refractivity contribution in [2.24, 2.45) is 0 Å². The van der Waals surface area contributed by atoms with Gasteiger partial charge in [0.2, 0.25) is 0 Å². The van der Waals surface area contributed by atoms with Gasteiger partial charge in [-0.3, -0.25) is 4.79 Å². The van der Waals surface area contributed by atoms with E-state index in [1.165, 1.54) is 48.5 Å². The summed E-state index contributed by atoms with van der Waals surface area (Å²) < 4.78 is 10.4. The molecule has 1 heterocycles. The van der Waals surface area contributed by atoms with Crippen LogP contribution in [0.3, 0.4) is 0 Å². The third kappa shape index (κ3) is 4.31. The van der Waals surface area contributed by atoms with Crippen LogP contribution < -0.4 is 0 Å². The molecule has 6 nitrogen and oxygen atoms in total. The Balaban J connectivity index is 1.73. The van der Waals surface area contributed by atoms with Crippen molar-refractivity contribution in [2.45, 2.75) is 24.4 Å². The zero-order valence-corrected chi connectivity index (χ0v) is 15.5. The van der Waals surface area contributed by atoms with E-state index in [0.29, 0.717) is 10.0 Å². The van der Waals surface area contributed by atoms with Crippen molar-refractivity contribution in [1.82, 2.24) is 0 Å². The Kier molecular flexibility index (Phi) is 5.83. The molecule has 2 aromatic rings. The van der Waals surface area contributed by atoms with Crippen LogP contribution in [-0.4, -0.2) is 46.6 Å². The van der Waals surface area contributed by atoms with Gasteiger partial charge >= 0.3 is 5.97 Å². The first-order chi connectivity index (χ1) is 12.8. The zero-order valence-electron chi connectivity index (χ0n) is 14.0. The van der Waals surface area contributed by atoms with Gasteiger partial charge in [-0.15, -0.1) is 0 Å². The van der Waals surface area contributed by atoms with Crippen molar-refractivity contribution >= 4 is 35.0 Å². The molecule has 142 valence electrons. The normalized spacial score (nSPS) is 24.6. The smallest absolute Gasteiger partial charge is 0.338 e. The summed E-state index contributed by atoms with van der Waals surface area (Å²) in [6, 6.07) is 12.0. The summed E-state index contributed by atoms with van der Waals surface area (Å²) in [5, 5.41) is 21.5. The van der Waals surface area contributed by atoms with E-state index in [9.17, 15) is 19.8 Å². The zero-order chi connectivity index (χ0) is 19.6. The monoisotopic (exact) mass is 410 g/mol. The lowest BCUT2D eigenvalue weighted by molar-refractivity contribution is -0.116. The average molecular weight is 411 g/mol. The first kappa shape index (κ1) is 19.8. The second-order valence-corrected chi connectivity index (χ2v) is 7.02. The lowest BCUT2D eigenvalue weighted by Gasteiger charge is -2.26. The molecule has 0 spiro atoms. The molecular formula is C19H16Cl2O6. The number of halogens is 2. The van der Waals surface area contributed by atoms with Crippen LogP contribution in [0, 0.1) is 0 Å². The summed E-state index contributed by atoms with van der Waals surface area (Å²) in [5.41, 5.74) is -1.58. The fourth-order valence-electron chi connectivity index (χ4n) is 2.84. The molecule has 1 saturated heterocycles. The number of carbonyl (C=O) groups is 2. The Bertz CT molecular complexity index is 836. The molecule has 0 bridgehead atoms. The molecule has 0 aromatic heterocycles. The number of rotatable bonds is 5. The Morgan fingerprint density at radius 3 is 2.11 bits per heavy atom. The topological polar surface area (TPSA) is 93.1 Å². The molecule has 0 radical (unpaired) electrons. The highest BCUT2D eigenvalue weighted by molar-refractivity contribution is 6.31. The number of carbonyl (C=O) groups excluding carboxylic acids is 2. The van der Waals surface area contributed by atoms with Crippen LogP contribution >= 0.6 is 23.2 Å². The van der Waals surface area contributed by atoms with E-state index >= 15 is 0 Å². The van der Waals surface area contributed by atoms with Crippen molar-refractivity contribution in [3.05, 3.63) is 69.7 Å². The maximum absolute atomic E-state index is 12.7.